The third kappa shape index (κ3) is 3.27. The fourth-order valence-corrected chi connectivity index (χ4v) is 1.25. The van der Waals surface area contributed by atoms with Gasteiger partial charge in [-0.1, -0.05) is 25.9 Å². The molecule has 17 heavy (non-hydrogen) atoms. The summed E-state index contributed by atoms with van der Waals surface area (Å²) < 4.78 is 5.50. The number of anilines is 1. The average molecular weight is 232 g/mol. The van der Waals surface area contributed by atoms with Crippen molar-refractivity contribution in [1.29, 1.82) is 0 Å². The summed E-state index contributed by atoms with van der Waals surface area (Å²) in [5.41, 5.74) is 1.04. The predicted octanol–water partition coefficient (Wildman–Crippen LogP) is 2.59. The zero-order valence-corrected chi connectivity index (χ0v) is 10.3. The van der Waals surface area contributed by atoms with Gasteiger partial charge in [-0.05, 0) is 17.5 Å². The Hall–Kier alpha value is -1.91. The number of hydrogen-bond acceptors (Lipinski definition) is 5. The molecular weight excluding hydrogens is 216 g/mol. The molecule has 0 aliphatic rings. The molecule has 1 N–H and O–H groups in total. The molecule has 0 aliphatic heterocycles. The summed E-state index contributed by atoms with van der Waals surface area (Å²) >= 11 is 0. The van der Waals surface area contributed by atoms with Crippen molar-refractivity contribution in [3.8, 4) is 11.5 Å². The lowest BCUT2D eigenvalue weighted by Crippen LogP contribution is -2.19. The van der Waals surface area contributed by atoms with Crippen LogP contribution in [0.5, 0.6) is 0 Å². The fourth-order valence-electron chi connectivity index (χ4n) is 1.25. The van der Waals surface area contributed by atoms with Crippen molar-refractivity contribution in [3.63, 3.8) is 0 Å². The second-order valence-corrected chi connectivity index (χ2v) is 5.06. The van der Waals surface area contributed by atoms with Crippen LogP contribution in [-0.4, -0.2) is 21.7 Å². The second kappa shape index (κ2) is 4.53. The molecule has 2 aromatic heterocycles. The Bertz CT molecular complexity index is 473. The second-order valence-electron chi connectivity index (χ2n) is 5.06. The molecule has 90 valence electrons. The Morgan fingerprint density at radius 2 is 1.88 bits per heavy atom. The highest BCUT2D eigenvalue weighted by Crippen LogP contribution is 2.20. The maximum atomic E-state index is 5.50. The SMILES string of the molecule is CC(C)(C)CNc1nnc(-c2ccncc2)o1. The molecule has 0 unspecified atom stereocenters. The number of pyridine rings is 1. The summed E-state index contributed by atoms with van der Waals surface area (Å²) in [5.74, 6) is 0.504. The maximum absolute atomic E-state index is 5.50. The van der Waals surface area contributed by atoms with Crippen molar-refractivity contribution >= 4 is 6.01 Å². The van der Waals surface area contributed by atoms with Gasteiger partial charge in [0.05, 0.1) is 0 Å². The van der Waals surface area contributed by atoms with Crippen LogP contribution < -0.4 is 5.32 Å². The molecule has 0 saturated carbocycles. The van der Waals surface area contributed by atoms with Crippen molar-refractivity contribution in [2.24, 2.45) is 5.41 Å². The first-order valence-electron chi connectivity index (χ1n) is 5.52. The lowest BCUT2D eigenvalue weighted by molar-refractivity contribution is 0.434. The van der Waals surface area contributed by atoms with Crippen LogP contribution in [0, 0.1) is 5.41 Å². The first-order valence-corrected chi connectivity index (χ1v) is 5.52. The molecule has 0 aliphatic carbocycles. The minimum Gasteiger partial charge on any atom is -0.403 e. The van der Waals surface area contributed by atoms with Crippen LogP contribution in [-0.2, 0) is 0 Å². The van der Waals surface area contributed by atoms with Gasteiger partial charge in [0, 0.05) is 24.5 Å². The van der Waals surface area contributed by atoms with Crippen LogP contribution >= 0.6 is 0 Å². The molecule has 0 fully saturated rings. The van der Waals surface area contributed by atoms with Crippen molar-refractivity contribution < 1.29 is 4.42 Å². The van der Waals surface area contributed by atoms with Gasteiger partial charge in [-0.25, -0.2) is 0 Å². The third-order valence-corrected chi connectivity index (χ3v) is 2.12. The first kappa shape index (κ1) is 11.6. The molecule has 5 heteroatoms. The largest absolute Gasteiger partial charge is 0.403 e. The Morgan fingerprint density at radius 1 is 1.18 bits per heavy atom. The van der Waals surface area contributed by atoms with E-state index in [0.29, 0.717) is 11.9 Å². The van der Waals surface area contributed by atoms with E-state index >= 15 is 0 Å². The molecule has 0 bridgehead atoms. The van der Waals surface area contributed by atoms with Gasteiger partial charge < -0.3 is 9.73 Å². The number of rotatable bonds is 3. The zero-order chi connectivity index (χ0) is 12.3. The van der Waals surface area contributed by atoms with E-state index in [9.17, 15) is 0 Å². The lowest BCUT2D eigenvalue weighted by atomic mass is 9.97. The van der Waals surface area contributed by atoms with E-state index in [-0.39, 0.29) is 5.41 Å². The van der Waals surface area contributed by atoms with Gasteiger partial charge in [0.25, 0.3) is 0 Å². The maximum Gasteiger partial charge on any atom is 0.315 e. The van der Waals surface area contributed by atoms with Gasteiger partial charge >= 0.3 is 6.01 Å². The molecule has 0 aromatic carbocycles. The molecule has 0 radical (unpaired) electrons. The van der Waals surface area contributed by atoms with Gasteiger partial charge in [-0.3, -0.25) is 4.98 Å². The molecule has 2 heterocycles. The van der Waals surface area contributed by atoms with E-state index in [2.05, 4.69) is 41.3 Å². The number of hydrogen-bond donors (Lipinski definition) is 1. The minimum atomic E-state index is 0.172. The van der Waals surface area contributed by atoms with E-state index in [4.69, 9.17) is 4.42 Å². The van der Waals surface area contributed by atoms with E-state index in [1.54, 1.807) is 12.4 Å². The molecule has 0 atom stereocenters. The normalized spacial score (nSPS) is 11.5. The summed E-state index contributed by atoms with van der Waals surface area (Å²) in [5, 5.41) is 11.0. The molecule has 0 saturated heterocycles. The summed E-state index contributed by atoms with van der Waals surface area (Å²) in [6.45, 7) is 7.20. The molecular formula is C12H16N4O. The van der Waals surface area contributed by atoms with Gasteiger partial charge in [0.1, 0.15) is 0 Å². The van der Waals surface area contributed by atoms with Gasteiger partial charge in [-0.2, -0.15) is 0 Å². The van der Waals surface area contributed by atoms with Crippen molar-refractivity contribution in [1.82, 2.24) is 15.2 Å². The van der Waals surface area contributed by atoms with E-state index in [1.807, 2.05) is 12.1 Å². The van der Waals surface area contributed by atoms with Gasteiger partial charge in [0.2, 0.25) is 5.89 Å². The van der Waals surface area contributed by atoms with E-state index < -0.39 is 0 Å². The Morgan fingerprint density at radius 3 is 2.53 bits per heavy atom. The monoisotopic (exact) mass is 232 g/mol. The van der Waals surface area contributed by atoms with Crippen molar-refractivity contribution in [3.05, 3.63) is 24.5 Å². The highest BCUT2D eigenvalue weighted by Gasteiger charge is 2.13. The van der Waals surface area contributed by atoms with Crippen molar-refractivity contribution in [2.75, 3.05) is 11.9 Å². The highest BCUT2D eigenvalue weighted by atomic mass is 16.4. The molecule has 0 spiro atoms. The predicted molar refractivity (Wildman–Crippen MR) is 65.5 cm³/mol. The molecule has 0 amide bonds. The van der Waals surface area contributed by atoms with Crippen LogP contribution in [0.2, 0.25) is 0 Å². The molecule has 2 rings (SSSR count). The first-order chi connectivity index (χ1) is 8.04. The minimum absolute atomic E-state index is 0.172. The van der Waals surface area contributed by atoms with Crippen LogP contribution in [0.15, 0.2) is 28.9 Å². The van der Waals surface area contributed by atoms with Gasteiger partial charge in [0.15, 0.2) is 0 Å². The van der Waals surface area contributed by atoms with E-state index in [0.717, 1.165) is 12.1 Å². The number of nitrogens with zero attached hydrogens (tertiary/aromatic N) is 3. The topological polar surface area (TPSA) is 63.8 Å². The Kier molecular flexibility index (Phi) is 3.08. The summed E-state index contributed by atoms with van der Waals surface area (Å²) in [7, 11) is 0. The summed E-state index contributed by atoms with van der Waals surface area (Å²) in [4.78, 5) is 3.94. The van der Waals surface area contributed by atoms with E-state index in [1.165, 1.54) is 0 Å². The Balaban J connectivity index is 2.07. The molecule has 2 aromatic rings. The van der Waals surface area contributed by atoms with Gasteiger partial charge in [-0.15, -0.1) is 5.10 Å². The number of aromatic nitrogens is 3. The highest BCUT2D eigenvalue weighted by molar-refractivity contribution is 5.51. The smallest absolute Gasteiger partial charge is 0.315 e. The van der Waals surface area contributed by atoms with Crippen LogP contribution in [0.4, 0.5) is 6.01 Å². The standard InChI is InChI=1S/C12H16N4O/c1-12(2,3)8-14-11-16-15-10(17-11)9-4-6-13-7-5-9/h4-7H,8H2,1-3H3,(H,14,16). The quantitative estimate of drug-likeness (QED) is 0.881. The zero-order valence-electron chi connectivity index (χ0n) is 10.3. The van der Waals surface area contributed by atoms with Crippen LogP contribution in [0.3, 0.4) is 0 Å². The van der Waals surface area contributed by atoms with Crippen LogP contribution in [0.25, 0.3) is 11.5 Å². The Labute approximate surface area is 100 Å². The number of nitrogens with one attached hydrogen (secondary N) is 1. The summed E-state index contributed by atoms with van der Waals surface area (Å²) in [6, 6.07) is 4.12. The summed E-state index contributed by atoms with van der Waals surface area (Å²) in [6.07, 6.45) is 3.39. The lowest BCUT2D eigenvalue weighted by Gasteiger charge is -2.17. The average Bonchev–Trinajstić information content (AvgIpc) is 2.75. The third-order valence-electron chi connectivity index (χ3n) is 2.12. The molecule has 5 nitrogen and oxygen atoms in total. The van der Waals surface area contributed by atoms with Crippen LogP contribution in [0.1, 0.15) is 20.8 Å². The van der Waals surface area contributed by atoms with Crippen molar-refractivity contribution in [2.45, 2.75) is 20.8 Å². The fraction of sp³-hybridized carbons (Fsp3) is 0.417.